The topological polar surface area (TPSA) is 80.8 Å². The lowest BCUT2D eigenvalue weighted by molar-refractivity contribution is -0.121. The zero-order valence-corrected chi connectivity index (χ0v) is 17.6. The number of nitrogens with one attached hydrogen (secondary N) is 1. The van der Waals surface area contributed by atoms with Crippen LogP contribution in [0.15, 0.2) is 41.1 Å². The van der Waals surface area contributed by atoms with E-state index in [1.165, 1.54) is 11.3 Å². The monoisotopic (exact) mass is 441 g/mol. The largest absolute Gasteiger partial charge is 0.454 e. The minimum absolute atomic E-state index is 0.0328. The number of hydrogen-bond donors (Lipinski definition) is 1. The zero-order valence-electron chi connectivity index (χ0n) is 16.0. The number of likely N-dealkylation sites (tertiary alicyclic amines) is 1. The fourth-order valence-electron chi connectivity index (χ4n) is 3.61. The summed E-state index contributed by atoms with van der Waals surface area (Å²) in [5, 5.41) is 7.63. The van der Waals surface area contributed by atoms with E-state index >= 15 is 0 Å². The number of rotatable bonds is 4. The molecule has 2 amide bonds. The Kier molecular flexibility index (Phi) is 5.14. The Bertz CT molecular complexity index is 1070. The van der Waals surface area contributed by atoms with Crippen LogP contribution in [0.1, 0.15) is 23.3 Å². The molecule has 0 bridgehead atoms. The number of carbonyl (C=O) groups is 2. The van der Waals surface area contributed by atoms with Gasteiger partial charge in [0.2, 0.25) is 12.7 Å². The summed E-state index contributed by atoms with van der Waals surface area (Å²) in [5.74, 6) is 1.09. The number of thiazole rings is 1. The number of aromatic nitrogens is 1. The van der Waals surface area contributed by atoms with Gasteiger partial charge in [-0.2, -0.15) is 0 Å². The van der Waals surface area contributed by atoms with Gasteiger partial charge in [0.15, 0.2) is 11.5 Å². The number of carbonyl (C=O) groups excluding carboxylic acids is 2. The van der Waals surface area contributed by atoms with Gasteiger partial charge in [-0.05, 0) is 36.4 Å². The van der Waals surface area contributed by atoms with E-state index in [4.69, 9.17) is 9.47 Å². The maximum absolute atomic E-state index is 12.8. The Morgan fingerprint density at radius 2 is 1.93 bits per heavy atom. The number of benzene rings is 1. The minimum Gasteiger partial charge on any atom is -0.454 e. The Morgan fingerprint density at radius 1 is 1.10 bits per heavy atom. The van der Waals surface area contributed by atoms with Crippen molar-refractivity contribution in [2.75, 3.05) is 25.2 Å². The van der Waals surface area contributed by atoms with Crippen LogP contribution in [0.25, 0.3) is 9.88 Å². The molecule has 2 aliphatic heterocycles. The van der Waals surface area contributed by atoms with Gasteiger partial charge in [0, 0.05) is 36.1 Å². The molecule has 2 aliphatic rings. The predicted molar refractivity (Wildman–Crippen MR) is 115 cm³/mol. The van der Waals surface area contributed by atoms with E-state index in [9.17, 15) is 9.59 Å². The molecule has 0 atom stereocenters. The number of piperidine rings is 1. The molecule has 1 N–H and O–H groups in total. The molecule has 2 aromatic heterocycles. The van der Waals surface area contributed by atoms with E-state index in [1.54, 1.807) is 34.4 Å². The SMILES string of the molecule is O=C(Nc1ccc2c(c1)OCO2)C1CCN(C(=O)c2csc(-c3cccs3)n2)CC1. The molecule has 7 nitrogen and oxygen atoms in total. The molecule has 9 heteroatoms. The molecule has 0 unspecified atom stereocenters. The molecule has 4 heterocycles. The predicted octanol–water partition coefficient (Wildman–Crippen LogP) is 4.09. The average molecular weight is 442 g/mol. The second kappa shape index (κ2) is 8.08. The molecule has 0 saturated carbocycles. The number of thiophene rings is 1. The van der Waals surface area contributed by atoms with Crippen molar-refractivity contribution < 1.29 is 19.1 Å². The standard InChI is InChI=1S/C21H19N3O4S2/c25-19(22-14-3-4-16-17(10-14)28-12-27-16)13-5-7-24(8-6-13)21(26)15-11-30-20(23-15)18-2-1-9-29-18/h1-4,9-11,13H,5-8,12H2,(H,22,25). The van der Waals surface area contributed by atoms with Crippen molar-refractivity contribution in [3.8, 4) is 21.4 Å². The highest BCUT2D eigenvalue weighted by molar-refractivity contribution is 7.20. The van der Waals surface area contributed by atoms with Gasteiger partial charge in [-0.1, -0.05) is 6.07 Å². The van der Waals surface area contributed by atoms with Crippen LogP contribution in [0.2, 0.25) is 0 Å². The minimum atomic E-state index is -0.128. The number of amides is 2. The van der Waals surface area contributed by atoms with E-state index < -0.39 is 0 Å². The van der Waals surface area contributed by atoms with Crippen molar-refractivity contribution in [1.82, 2.24) is 9.88 Å². The first-order valence-corrected chi connectivity index (χ1v) is 11.4. The maximum Gasteiger partial charge on any atom is 0.273 e. The van der Waals surface area contributed by atoms with Gasteiger partial charge in [0.25, 0.3) is 5.91 Å². The average Bonchev–Trinajstić information content (AvgIpc) is 3.54. The Hall–Kier alpha value is -2.91. The van der Waals surface area contributed by atoms with Crippen LogP contribution in [-0.2, 0) is 4.79 Å². The van der Waals surface area contributed by atoms with Crippen LogP contribution < -0.4 is 14.8 Å². The number of hydrogen-bond acceptors (Lipinski definition) is 7. The van der Waals surface area contributed by atoms with E-state index in [2.05, 4.69) is 10.3 Å². The van der Waals surface area contributed by atoms with E-state index in [0.29, 0.717) is 48.8 Å². The number of ether oxygens (including phenoxy) is 2. The summed E-state index contributed by atoms with van der Waals surface area (Å²) in [6.45, 7) is 1.29. The summed E-state index contributed by atoms with van der Waals surface area (Å²) in [6.07, 6.45) is 1.26. The first-order chi connectivity index (χ1) is 14.7. The molecular weight excluding hydrogens is 422 g/mol. The zero-order chi connectivity index (χ0) is 20.5. The van der Waals surface area contributed by atoms with Crippen LogP contribution in [0.3, 0.4) is 0 Å². The van der Waals surface area contributed by atoms with Crippen molar-refractivity contribution in [2.45, 2.75) is 12.8 Å². The molecular formula is C21H19N3O4S2. The van der Waals surface area contributed by atoms with Crippen molar-refractivity contribution in [2.24, 2.45) is 5.92 Å². The van der Waals surface area contributed by atoms with Gasteiger partial charge in [0.05, 0.1) is 4.88 Å². The fourth-order valence-corrected chi connectivity index (χ4v) is 5.22. The summed E-state index contributed by atoms with van der Waals surface area (Å²) in [7, 11) is 0. The van der Waals surface area contributed by atoms with Gasteiger partial charge in [-0.3, -0.25) is 9.59 Å². The number of fused-ring (bicyclic) bond motifs is 1. The van der Waals surface area contributed by atoms with Crippen LogP contribution in [0, 0.1) is 5.92 Å². The summed E-state index contributed by atoms with van der Waals surface area (Å²) in [6, 6.07) is 9.34. The lowest BCUT2D eigenvalue weighted by Gasteiger charge is -2.30. The lowest BCUT2D eigenvalue weighted by Crippen LogP contribution is -2.41. The second-order valence-corrected chi connectivity index (χ2v) is 8.94. The third-order valence-corrected chi connectivity index (χ3v) is 7.13. The van der Waals surface area contributed by atoms with Gasteiger partial charge in [-0.15, -0.1) is 22.7 Å². The molecule has 1 saturated heterocycles. The van der Waals surface area contributed by atoms with E-state index in [0.717, 1.165) is 9.88 Å². The Balaban J connectivity index is 1.17. The van der Waals surface area contributed by atoms with Crippen molar-refractivity contribution in [1.29, 1.82) is 0 Å². The molecule has 1 aromatic carbocycles. The van der Waals surface area contributed by atoms with Crippen molar-refractivity contribution >= 4 is 40.2 Å². The number of nitrogens with zero attached hydrogens (tertiary/aromatic N) is 2. The second-order valence-electron chi connectivity index (χ2n) is 7.14. The molecule has 3 aromatic rings. The fraction of sp³-hybridized carbons (Fsp3) is 0.286. The molecule has 0 aliphatic carbocycles. The third-order valence-electron chi connectivity index (χ3n) is 5.25. The van der Waals surface area contributed by atoms with Crippen LogP contribution in [0.5, 0.6) is 11.5 Å². The smallest absolute Gasteiger partial charge is 0.273 e. The lowest BCUT2D eigenvalue weighted by atomic mass is 9.95. The molecule has 30 heavy (non-hydrogen) atoms. The quantitative estimate of drug-likeness (QED) is 0.660. The van der Waals surface area contributed by atoms with Crippen molar-refractivity contribution in [3.05, 3.63) is 46.8 Å². The first kappa shape index (κ1) is 19.1. The summed E-state index contributed by atoms with van der Waals surface area (Å²) in [4.78, 5) is 32.8. The van der Waals surface area contributed by atoms with E-state index in [1.807, 2.05) is 22.9 Å². The molecule has 0 spiro atoms. The highest BCUT2D eigenvalue weighted by atomic mass is 32.1. The Morgan fingerprint density at radius 3 is 2.73 bits per heavy atom. The summed E-state index contributed by atoms with van der Waals surface area (Å²) in [5.41, 5.74) is 1.16. The highest BCUT2D eigenvalue weighted by Crippen LogP contribution is 2.34. The van der Waals surface area contributed by atoms with Gasteiger partial charge < -0.3 is 19.7 Å². The summed E-state index contributed by atoms with van der Waals surface area (Å²) >= 11 is 3.09. The van der Waals surface area contributed by atoms with Gasteiger partial charge >= 0.3 is 0 Å². The summed E-state index contributed by atoms with van der Waals surface area (Å²) < 4.78 is 10.6. The van der Waals surface area contributed by atoms with Crippen molar-refractivity contribution in [3.63, 3.8) is 0 Å². The first-order valence-electron chi connectivity index (χ1n) is 9.66. The third kappa shape index (κ3) is 3.78. The van der Waals surface area contributed by atoms with Crippen LogP contribution >= 0.6 is 22.7 Å². The normalized spacial score (nSPS) is 15.9. The molecule has 0 radical (unpaired) electrons. The van der Waals surface area contributed by atoms with Gasteiger partial charge in [-0.25, -0.2) is 4.98 Å². The highest BCUT2D eigenvalue weighted by Gasteiger charge is 2.29. The molecule has 154 valence electrons. The van der Waals surface area contributed by atoms with Crippen LogP contribution in [0.4, 0.5) is 5.69 Å². The molecule has 5 rings (SSSR count). The molecule has 1 fully saturated rings. The number of anilines is 1. The Labute approximate surface area is 181 Å². The van der Waals surface area contributed by atoms with Gasteiger partial charge in [0.1, 0.15) is 10.7 Å². The van der Waals surface area contributed by atoms with Crippen LogP contribution in [-0.4, -0.2) is 41.6 Å². The van der Waals surface area contributed by atoms with E-state index in [-0.39, 0.29) is 24.5 Å². The maximum atomic E-state index is 12.8.